The highest BCUT2D eigenvalue weighted by atomic mass is 35.5. The van der Waals surface area contributed by atoms with Gasteiger partial charge in [-0.15, -0.1) is 0 Å². The van der Waals surface area contributed by atoms with Gasteiger partial charge in [0.05, 0.1) is 0 Å². The molecule has 0 radical (unpaired) electrons. The number of carbonyl (C=O) groups is 1. The van der Waals surface area contributed by atoms with E-state index in [1.807, 2.05) is 0 Å². The van der Waals surface area contributed by atoms with Crippen LogP contribution in [0.1, 0.15) is 23.0 Å². The summed E-state index contributed by atoms with van der Waals surface area (Å²) in [5, 5.41) is 9.66. The fourth-order valence-electron chi connectivity index (χ4n) is 2.22. The molecule has 0 aliphatic rings. The van der Waals surface area contributed by atoms with Crippen LogP contribution in [0.4, 0.5) is 0 Å². The molecule has 6 nitrogen and oxygen atoms in total. The first-order valence-corrected chi connectivity index (χ1v) is 8.71. The summed E-state index contributed by atoms with van der Waals surface area (Å²) < 4.78 is 27.8. The molecule has 2 rings (SSSR count). The summed E-state index contributed by atoms with van der Waals surface area (Å²) in [6.07, 6.45) is 1.34. The van der Waals surface area contributed by atoms with Crippen molar-refractivity contribution in [1.82, 2.24) is 8.87 Å². The molecule has 2 aromatic rings. The molecule has 0 unspecified atom stereocenters. The average Bonchev–Trinajstić information content (AvgIpc) is 2.92. The van der Waals surface area contributed by atoms with Crippen molar-refractivity contribution in [2.45, 2.75) is 24.9 Å². The normalized spacial score (nSPS) is 11.8. The second-order valence-corrected chi connectivity index (χ2v) is 7.52. The molecule has 1 heterocycles. The highest BCUT2D eigenvalue weighted by molar-refractivity contribution is 7.89. The van der Waals surface area contributed by atoms with Crippen LogP contribution in [0.3, 0.4) is 0 Å². The van der Waals surface area contributed by atoms with Gasteiger partial charge in [-0.25, -0.2) is 13.2 Å². The molecule has 0 saturated carbocycles. The van der Waals surface area contributed by atoms with Gasteiger partial charge >= 0.3 is 5.97 Å². The third-order valence-electron chi connectivity index (χ3n) is 3.43. The minimum Gasteiger partial charge on any atom is -0.477 e. The van der Waals surface area contributed by atoms with Crippen molar-refractivity contribution in [3.63, 3.8) is 0 Å². The molecule has 0 saturated heterocycles. The maximum absolute atomic E-state index is 12.6. The van der Waals surface area contributed by atoms with E-state index in [9.17, 15) is 13.2 Å². The van der Waals surface area contributed by atoms with Crippen molar-refractivity contribution in [3.8, 4) is 0 Å². The molecular weight excluding hydrogens is 340 g/mol. The van der Waals surface area contributed by atoms with Gasteiger partial charge < -0.3 is 9.67 Å². The second-order valence-electron chi connectivity index (χ2n) is 5.04. The molecule has 0 bridgehead atoms. The molecule has 0 aliphatic heterocycles. The lowest BCUT2D eigenvalue weighted by molar-refractivity contribution is 0.0685. The number of benzene rings is 1. The van der Waals surface area contributed by atoms with Crippen LogP contribution in [0.15, 0.2) is 41.4 Å². The molecule has 124 valence electrons. The molecule has 0 aliphatic carbocycles. The predicted octanol–water partition coefficient (Wildman–Crippen LogP) is 2.68. The fourth-order valence-corrected chi connectivity index (χ4v) is 3.64. The smallest absolute Gasteiger partial charge is 0.352 e. The van der Waals surface area contributed by atoms with Gasteiger partial charge in [-0.05, 0) is 30.7 Å². The Balaban J connectivity index is 2.32. The molecule has 1 N–H and O–H groups in total. The number of carboxylic acid groups (broad SMARTS) is 1. The number of halogens is 1. The summed E-state index contributed by atoms with van der Waals surface area (Å²) in [6.45, 7) is 2.26. The Morgan fingerprint density at radius 3 is 2.57 bits per heavy atom. The zero-order valence-corrected chi connectivity index (χ0v) is 14.3. The quantitative estimate of drug-likeness (QED) is 0.863. The third-order valence-corrected chi connectivity index (χ3v) is 5.44. The van der Waals surface area contributed by atoms with Crippen molar-refractivity contribution in [3.05, 3.63) is 52.8 Å². The molecule has 23 heavy (non-hydrogen) atoms. The number of hydrogen-bond donors (Lipinski definition) is 1. The number of carboxylic acids is 1. The van der Waals surface area contributed by atoms with Crippen molar-refractivity contribution in [1.29, 1.82) is 0 Å². The SMILES string of the molecule is CCn1cc(S(=O)(=O)N(C)Cc2cccc(Cl)c2)cc1C(=O)O. The van der Waals surface area contributed by atoms with E-state index in [1.54, 1.807) is 31.2 Å². The van der Waals surface area contributed by atoms with Crippen LogP contribution in [-0.4, -0.2) is 35.4 Å². The zero-order valence-electron chi connectivity index (χ0n) is 12.7. The van der Waals surface area contributed by atoms with E-state index in [-0.39, 0.29) is 17.1 Å². The summed E-state index contributed by atoms with van der Waals surface area (Å²) >= 11 is 5.90. The van der Waals surface area contributed by atoms with Crippen LogP contribution in [0.2, 0.25) is 5.02 Å². The van der Waals surface area contributed by atoms with E-state index in [2.05, 4.69) is 0 Å². The molecule has 0 spiro atoms. The van der Waals surface area contributed by atoms with E-state index >= 15 is 0 Å². The van der Waals surface area contributed by atoms with Crippen LogP contribution in [0, 0.1) is 0 Å². The lowest BCUT2D eigenvalue weighted by Gasteiger charge is -2.16. The third kappa shape index (κ3) is 3.74. The van der Waals surface area contributed by atoms with Crippen molar-refractivity contribution < 1.29 is 18.3 Å². The van der Waals surface area contributed by atoms with Gasteiger partial charge in [0.25, 0.3) is 0 Å². The van der Waals surface area contributed by atoms with Crippen molar-refractivity contribution >= 4 is 27.6 Å². The first-order chi connectivity index (χ1) is 10.8. The molecule has 0 atom stereocenters. The maximum atomic E-state index is 12.6. The standard InChI is InChI=1S/C15H17ClN2O4S/c1-3-18-10-13(8-14(18)15(19)20)23(21,22)17(2)9-11-5-4-6-12(16)7-11/h4-8,10H,3,9H2,1-2H3,(H,19,20). The molecule has 1 aromatic heterocycles. The molecular formula is C15H17ClN2O4S. The van der Waals surface area contributed by atoms with E-state index in [4.69, 9.17) is 16.7 Å². The van der Waals surface area contributed by atoms with Gasteiger partial charge in [-0.1, -0.05) is 23.7 Å². The predicted molar refractivity (Wildman–Crippen MR) is 87.2 cm³/mol. The lowest BCUT2D eigenvalue weighted by Crippen LogP contribution is -2.26. The molecule has 0 fully saturated rings. The number of nitrogens with zero attached hydrogens (tertiary/aromatic N) is 2. The van der Waals surface area contributed by atoms with Gasteiger partial charge in [0.1, 0.15) is 10.6 Å². The molecule has 0 amide bonds. The zero-order chi connectivity index (χ0) is 17.2. The first-order valence-electron chi connectivity index (χ1n) is 6.90. The van der Waals surface area contributed by atoms with E-state index < -0.39 is 16.0 Å². The Hall–Kier alpha value is -1.83. The Morgan fingerprint density at radius 1 is 1.35 bits per heavy atom. The Kier molecular flexibility index (Phi) is 5.13. The van der Waals surface area contributed by atoms with Gasteiger partial charge in [-0.2, -0.15) is 4.31 Å². The van der Waals surface area contributed by atoms with E-state index in [1.165, 1.54) is 28.2 Å². The Morgan fingerprint density at radius 2 is 2.04 bits per heavy atom. The number of sulfonamides is 1. The highest BCUT2D eigenvalue weighted by Crippen LogP contribution is 2.21. The number of aryl methyl sites for hydroxylation is 1. The minimum absolute atomic E-state index is 0.0405. The van der Waals surface area contributed by atoms with Crippen LogP contribution in [0.25, 0.3) is 0 Å². The fraction of sp³-hybridized carbons (Fsp3) is 0.267. The summed E-state index contributed by atoms with van der Waals surface area (Å²) in [5.74, 6) is -1.16. The van der Waals surface area contributed by atoms with Crippen molar-refractivity contribution in [2.75, 3.05) is 7.05 Å². The molecule has 8 heteroatoms. The van der Waals surface area contributed by atoms with E-state index in [0.717, 1.165) is 5.56 Å². The number of rotatable bonds is 6. The second kappa shape index (κ2) is 6.74. The number of hydrogen-bond acceptors (Lipinski definition) is 3. The van der Waals surface area contributed by atoms with Crippen LogP contribution in [0.5, 0.6) is 0 Å². The van der Waals surface area contributed by atoms with E-state index in [0.29, 0.717) is 11.6 Å². The van der Waals surface area contributed by atoms with Gasteiger partial charge in [0.15, 0.2) is 0 Å². The summed E-state index contributed by atoms with van der Waals surface area (Å²) in [4.78, 5) is 11.1. The van der Waals surface area contributed by atoms with Crippen LogP contribution < -0.4 is 0 Å². The number of aromatic carboxylic acids is 1. The monoisotopic (exact) mass is 356 g/mol. The van der Waals surface area contributed by atoms with Gasteiger partial charge in [0, 0.05) is 31.4 Å². The first kappa shape index (κ1) is 17.5. The largest absolute Gasteiger partial charge is 0.477 e. The minimum atomic E-state index is -3.79. The highest BCUT2D eigenvalue weighted by Gasteiger charge is 2.25. The Labute approximate surface area is 140 Å². The maximum Gasteiger partial charge on any atom is 0.352 e. The van der Waals surface area contributed by atoms with Gasteiger partial charge in [0.2, 0.25) is 10.0 Å². The summed E-state index contributed by atoms with van der Waals surface area (Å²) in [6, 6.07) is 8.09. The Bertz CT molecular complexity index is 830. The summed E-state index contributed by atoms with van der Waals surface area (Å²) in [5.41, 5.74) is 0.694. The average molecular weight is 357 g/mol. The van der Waals surface area contributed by atoms with Crippen LogP contribution >= 0.6 is 11.6 Å². The van der Waals surface area contributed by atoms with Gasteiger partial charge in [-0.3, -0.25) is 0 Å². The lowest BCUT2D eigenvalue weighted by atomic mass is 10.2. The molecule has 1 aromatic carbocycles. The number of aromatic nitrogens is 1. The topological polar surface area (TPSA) is 79.6 Å². The summed E-state index contributed by atoms with van der Waals surface area (Å²) in [7, 11) is -2.34. The van der Waals surface area contributed by atoms with Crippen molar-refractivity contribution in [2.24, 2.45) is 0 Å². The van der Waals surface area contributed by atoms with Crippen LogP contribution in [-0.2, 0) is 23.1 Å².